The molecule has 0 spiro atoms. The molecule has 0 radical (unpaired) electrons. The van der Waals surface area contributed by atoms with Gasteiger partial charge < -0.3 is 9.64 Å². The Labute approximate surface area is 181 Å². The maximum absolute atomic E-state index is 13.4. The van der Waals surface area contributed by atoms with E-state index in [0.717, 1.165) is 37.1 Å². The van der Waals surface area contributed by atoms with Crippen LogP contribution < -0.4 is 4.74 Å². The fourth-order valence-corrected chi connectivity index (χ4v) is 4.15. The van der Waals surface area contributed by atoms with Crippen molar-refractivity contribution in [2.75, 3.05) is 20.2 Å². The molecule has 1 fully saturated rings. The SMILES string of the molecule is COc1ccc(C2=C(N3CCC(C)CC3)C(=O)N(Cc3ccc(Cl)cc3)C2=O)cc1. The number of hydrogen-bond acceptors (Lipinski definition) is 4. The number of likely N-dealkylation sites (tertiary alicyclic amines) is 1. The Hall–Kier alpha value is -2.79. The van der Waals surface area contributed by atoms with Crippen LogP contribution in [0.4, 0.5) is 0 Å². The minimum atomic E-state index is -0.256. The molecular weight excluding hydrogens is 400 g/mol. The molecule has 0 saturated carbocycles. The van der Waals surface area contributed by atoms with Gasteiger partial charge in [0.05, 0.1) is 19.2 Å². The van der Waals surface area contributed by atoms with E-state index in [4.69, 9.17) is 16.3 Å². The molecule has 0 bridgehead atoms. The van der Waals surface area contributed by atoms with Gasteiger partial charge in [-0.15, -0.1) is 0 Å². The number of piperidine rings is 1. The molecule has 0 atom stereocenters. The Bertz CT molecular complexity index is 975. The number of carbonyl (C=O) groups excluding carboxylic acids is 2. The molecule has 4 rings (SSSR count). The van der Waals surface area contributed by atoms with Gasteiger partial charge in [-0.25, -0.2) is 0 Å². The zero-order chi connectivity index (χ0) is 21.3. The second kappa shape index (κ2) is 8.52. The first kappa shape index (κ1) is 20.5. The lowest BCUT2D eigenvalue weighted by Crippen LogP contribution is -2.38. The maximum Gasteiger partial charge on any atom is 0.278 e. The zero-order valence-electron chi connectivity index (χ0n) is 17.2. The van der Waals surface area contributed by atoms with Crippen LogP contribution in [0.3, 0.4) is 0 Å². The lowest BCUT2D eigenvalue weighted by atomic mass is 9.97. The monoisotopic (exact) mass is 424 g/mol. The molecule has 5 nitrogen and oxygen atoms in total. The van der Waals surface area contributed by atoms with E-state index in [1.165, 1.54) is 4.90 Å². The van der Waals surface area contributed by atoms with E-state index in [0.29, 0.717) is 28.0 Å². The molecule has 6 heteroatoms. The summed E-state index contributed by atoms with van der Waals surface area (Å²) in [7, 11) is 1.60. The fraction of sp³-hybridized carbons (Fsp3) is 0.333. The van der Waals surface area contributed by atoms with E-state index in [1.807, 2.05) is 36.4 Å². The third-order valence-electron chi connectivity index (χ3n) is 5.88. The summed E-state index contributed by atoms with van der Waals surface area (Å²) in [6.45, 7) is 4.01. The summed E-state index contributed by atoms with van der Waals surface area (Å²) in [6.07, 6.45) is 2.02. The minimum Gasteiger partial charge on any atom is -0.497 e. The molecule has 0 N–H and O–H groups in total. The molecule has 1 saturated heterocycles. The first-order valence-electron chi connectivity index (χ1n) is 10.2. The number of ether oxygens (including phenoxy) is 1. The summed E-state index contributed by atoms with van der Waals surface area (Å²) in [6, 6.07) is 14.6. The fourth-order valence-electron chi connectivity index (χ4n) is 4.02. The summed E-state index contributed by atoms with van der Waals surface area (Å²) in [5, 5.41) is 0.623. The van der Waals surface area contributed by atoms with Crippen LogP contribution in [-0.4, -0.2) is 41.8 Å². The van der Waals surface area contributed by atoms with Gasteiger partial charge in [-0.1, -0.05) is 42.8 Å². The second-order valence-electron chi connectivity index (χ2n) is 7.94. The Balaban J connectivity index is 1.70. The molecular formula is C24H25ClN2O3. The third kappa shape index (κ3) is 3.94. The van der Waals surface area contributed by atoms with Crippen LogP contribution in [-0.2, 0) is 16.1 Å². The number of benzene rings is 2. The average Bonchev–Trinajstić information content (AvgIpc) is 3.00. The van der Waals surface area contributed by atoms with Crippen molar-refractivity contribution in [3.63, 3.8) is 0 Å². The quantitative estimate of drug-likeness (QED) is 0.669. The van der Waals surface area contributed by atoms with Crippen LogP contribution in [0.25, 0.3) is 5.57 Å². The summed E-state index contributed by atoms with van der Waals surface area (Å²) in [5.41, 5.74) is 2.60. The Kier molecular flexibility index (Phi) is 5.82. The van der Waals surface area contributed by atoms with Gasteiger partial charge in [0, 0.05) is 18.1 Å². The minimum absolute atomic E-state index is 0.224. The molecule has 30 heavy (non-hydrogen) atoms. The maximum atomic E-state index is 13.4. The van der Waals surface area contributed by atoms with E-state index in [1.54, 1.807) is 19.2 Å². The van der Waals surface area contributed by atoms with Crippen molar-refractivity contribution in [1.29, 1.82) is 0 Å². The number of carbonyl (C=O) groups is 2. The highest BCUT2D eigenvalue weighted by molar-refractivity contribution is 6.35. The number of methoxy groups -OCH3 is 1. The molecule has 2 aromatic carbocycles. The van der Waals surface area contributed by atoms with Crippen LogP contribution in [0.2, 0.25) is 5.02 Å². The smallest absolute Gasteiger partial charge is 0.278 e. The Morgan fingerprint density at radius 3 is 2.20 bits per heavy atom. The van der Waals surface area contributed by atoms with E-state index < -0.39 is 0 Å². The average molecular weight is 425 g/mol. The molecule has 156 valence electrons. The van der Waals surface area contributed by atoms with Crippen LogP contribution in [0.5, 0.6) is 5.75 Å². The topological polar surface area (TPSA) is 49.9 Å². The molecule has 2 aliphatic heterocycles. The van der Waals surface area contributed by atoms with Gasteiger partial charge in [-0.3, -0.25) is 14.5 Å². The zero-order valence-corrected chi connectivity index (χ0v) is 18.0. The Morgan fingerprint density at radius 1 is 0.967 bits per heavy atom. The largest absolute Gasteiger partial charge is 0.497 e. The predicted molar refractivity (Wildman–Crippen MR) is 117 cm³/mol. The lowest BCUT2D eigenvalue weighted by molar-refractivity contribution is -0.138. The third-order valence-corrected chi connectivity index (χ3v) is 6.13. The number of hydrogen-bond donors (Lipinski definition) is 0. The van der Waals surface area contributed by atoms with Gasteiger partial charge in [0.15, 0.2) is 0 Å². The molecule has 2 heterocycles. The van der Waals surface area contributed by atoms with Crippen LogP contribution >= 0.6 is 11.6 Å². The van der Waals surface area contributed by atoms with Crippen molar-refractivity contribution in [3.8, 4) is 5.75 Å². The number of nitrogens with zero attached hydrogens (tertiary/aromatic N) is 2. The van der Waals surface area contributed by atoms with Gasteiger partial charge in [0.1, 0.15) is 11.4 Å². The first-order chi connectivity index (χ1) is 14.5. The van der Waals surface area contributed by atoms with Crippen molar-refractivity contribution in [3.05, 3.63) is 70.4 Å². The molecule has 0 unspecified atom stereocenters. The van der Waals surface area contributed by atoms with E-state index in [-0.39, 0.29) is 18.4 Å². The first-order valence-corrected chi connectivity index (χ1v) is 10.6. The predicted octanol–water partition coefficient (Wildman–Crippen LogP) is 4.36. The van der Waals surface area contributed by atoms with Crippen molar-refractivity contribution in [1.82, 2.24) is 9.80 Å². The normalized spacial score (nSPS) is 17.8. The van der Waals surface area contributed by atoms with Gasteiger partial charge >= 0.3 is 0 Å². The highest BCUT2D eigenvalue weighted by Crippen LogP contribution is 2.35. The number of halogens is 1. The van der Waals surface area contributed by atoms with E-state index in [2.05, 4.69) is 11.8 Å². The summed E-state index contributed by atoms with van der Waals surface area (Å²) < 4.78 is 5.24. The van der Waals surface area contributed by atoms with Crippen molar-refractivity contribution in [2.24, 2.45) is 5.92 Å². The van der Waals surface area contributed by atoms with Crippen LogP contribution in [0, 0.1) is 5.92 Å². The van der Waals surface area contributed by atoms with Gasteiger partial charge in [0.2, 0.25) is 0 Å². The van der Waals surface area contributed by atoms with Crippen LogP contribution in [0.1, 0.15) is 30.9 Å². The molecule has 2 amide bonds. The van der Waals surface area contributed by atoms with Crippen LogP contribution in [0.15, 0.2) is 54.2 Å². The lowest BCUT2D eigenvalue weighted by Gasteiger charge is -2.32. The summed E-state index contributed by atoms with van der Waals surface area (Å²) >= 11 is 5.98. The molecule has 2 aromatic rings. The highest BCUT2D eigenvalue weighted by atomic mass is 35.5. The Morgan fingerprint density at radius 2 is 1.60 bits per heavy atom. The van der Waals surface area contributed by atoms with Gasteiger partial charge in [0.25, 0.3) is 11.8 Å². The second-order valence-corrected chi connectivity index (χ2v) is 8.38. The van der Waals surface area contributed by atoms with E-state index in [9.17, 15) is 9.59 Å². The molecule has 2 aliphatic rings. The molecule has 0 aliphatic carbocycles. The number of amides is 2. The number of rotatable bonds is 5. The standard InChI is InChI=1S/C24H25ClN2O3/c1-16-11-13-26(14-12-16)22-21(18-5-9-20(30-2)10-6-18)23(28)27(24(22)29)15-17-3-7-19(25)8-4-17/h3-10,16H,11-15H2,1-2H3. The molecule has 0 aromatic heterocycles. The highest BCUT2D eigenvalue weighted by Gasteiger charge is 2.42. The van der Waals surface area contributed by atoms with Crippen molar-refractivity contribution in [2.45, 2.75) is 26.3 Å². The summed E-state index contributed by atoms with van der Waals surface area (Å²) in [5.74, 6) is 0.857. The van der Waals surface area contributed by atoms with Gasteiger partial charge in [-0.05, 0) is 54.2 Å². The van der Waals surface area contributed by atoms with Crippen molar-refractivity contribution < 1.29 is 14.3 Å². The van der Waals surface area contributed by atoms with E-state index >= 15 is 0 Å². The van der Waals surface area contributed by atoms with Crippen molar-refractivity contribution >= 4 is 29.0 Å². The summed E-state index contributed by atoms with van der Waals surface area (Å²) in [4.78, 5) is 30.3. The number of imide groups is 1. The van der Waals surface area contributed by atoms with Gasteiger partial charge in [-0.2, -0.15) is 0 Å².